The van der Waals surface area contributed by atoms with Gasteiger partial charge in [-0.25, -0.2) is 4.79 Å². The summed E-state index contributed by atoms with van der Waals surface area (Å²) < 4.78 is 7.10. The molecule has 0 aliphatic carbocycles. The van der Waals surface area contributed by atoms with Gasteiger partial charge in [-0.05, 0) is 31.5 Å². The molecule has 0 aliphatic heterocycles. The van der Waals surface area contributed by atoms with E-state index in [1.165, 1.54) is 23.1 Å². The zero-order chi connectivity index (χ0) is 23.2. The van der Waals surface area contributed by atoms with E-state index in [4.69, 9.17) is 4.74 Å². The molecule has 2 aromatic heterocycles. The number of nitrogens with one attached hydrogen (secondary N) is 1. The SMILES string of the molecule is CCOC(=O)c1c(-c2ccccc2)csc1NC(=O)C(C)Sc1nncn1-c1ccccc1. The van der Waals surface area contributed by atoms with E-state index in [0.717, 1.165) is 16.8 Å². The number of benzene rings is 2. The summed E-state index contributed by atoms with van der Waals surface area (Å²) in [4.78, 5) is 25.8. The number of carbonyl (C=O) groups is 2. The molecule has 4 rings (SSSR count). The third kappa shape index (κ3) is 5.15. The van der Waals surface area contributed by atoms with E-state index < -0.39 is 11.2 Å². The summed E-state index contributed by atoms with van der Waals surface area (Å²) in [5, 5.41) is 13.5. The van der Waals surface area contributed by atoms with Gasteiger partial charge in [0.1, 0.15) is 16.9 Å². The van der Waals surface area contributed by atoms with Crippen LogP contribution in [-0.4, -0.2) is 38.5 Å². The van der Waals surface area contributed by atoms with Crippen molar-refractivity contribution in [2.24, 2.45) is 0 Å². The molecule has 2 heterocycles. The molecule has 1 N–H and O–H groups in total. The lowest BCUT2D eigenvalue weighted by molar-refractivity contribution is -0.115. The third-order valence-corrected chi connectivity index (χ3v) is 6.75. The van der Waals surface area contributed by atoms with Crippen molar-refractivity contribution in [3.05, 3.63) is 77.9 Å². The number of amides is 1. The molecule has 0 aliphatic rings. The van der Waals surface area contributed by atoms with E-state index in [9.17, 15) is 9.59 Å². The van der Waals surface area contributed by atoms with Crippen molar-refractivity contribution < 1.29 is 14.3 Å². The number of para-hydroxylation sites is 1. The summed E-state index contributed by atoms with van der Waals surface area (Å²) in [5.74, 6) is -0.702. The van der Waals surface area contributed by atoms with Crippen LogP contribution in [0.25, 0.3) is 16.8 Å². The first-order chi connectivity index (χ1) is 16.1. The number of hydrogen-bond donors (Lipinski definition) is 1. The molecule has 0 saturated heterocycles. The van der Waals surface area contributed by atoms with Crippen molar-refractivity contribution in [2.75, 3.05) is 11.9 Å². The molecule has 0 bridgehead atoms. The first-order valence-corrected chi connectivity index (χ1v) is 12.1. The number of thioether (sulfide) groups is 1. The van der Waals surface area contributed by atoms with Crippen molar-refractivity contribution in [3.63, 3.8) is 0 Å². The van der Waals surface area contributed by atoms with Crippen molar-refractivity contribution in [2.45, 2.75) is 24.3 Å². The van der Waals surface area contributed by atoms with E-state index in [1.807, 2.05) is 70.6 Å². The predicted octanol–water partition coefficient (Wildman–Crippen LogP) is 5.29. The molecule has 7 nitrogen and oxygen atoms in total. The minimum absolute atomic E-state index is 0.241. The van der Waals surface area contributed by atoms with Crippen LogP contribution in [0.15, 0.2) is 77.5 Å². The number of carbonyl (C=O) groups excluding carboxylic acids is 2. The largest absolute Gasteiger partial charge is 0.462 e. The highest BCUT2D eigenvalue weighted by Crippen LogP contribution is 2.37. The molecule has 168 valence electrons. The Bertz CT molecular complexity index is 1240. The van der Waals surface area contributed by atoms with Crippen molar-refractivity contribution in [1.82, 2.24) is 14.8 Å². The molecule has 1 unspecified atom stereocenters. The quantitative estimate of drug-likeness (QED) is 0.273. The highest BCUT2D eigenvalue weighted by molar-refractivity contribution is 8.00. The Kier molecular flexibility index (Phi) is 7.21. The summed E-state index contributed by atoms with van der Waals surface area (Å²) in [5.41, 5.74) is 2.90. The maximum absolute atomic E-state index is 13.0. The van der Waals surface area contributed by atoms with Crippen LogP contribution in [0.2, 0.25) is 0 Å². The van der Waals surface area contributed by atoms with Crippen molar-refractivity contribution >= 4 is 40.0 Å². The minimum Gasteiger partial charge on any atom is -0.462 e. The Morgan fingerprint density at radius 1 is 1.12 bits per heavy atom. The van der Waals surface area contributed by atoms with Gasteiger partial charge in [0.15, 0.2) is 5.16 Å². The van der Waals surface area contributed by atoms with Gasteiger partial charge in [-0.15, -0.1) is 21.5 Å². The predicted molar refractivity (Wildman–Crippen MR) is 131 cm³/mol. The lowest BCUT2D eigenvalue weighted by atomic mass is 10.0. The summed E-state index contributed by atoms with van der Waals surface area (Å²) in [6, 6.07) is 19.2. The second kappa shape index (κ2) is 10.5. The van der Waals surface area contributed by atoms with Gasteiger partial charge in [0.25, 0.3) is 0 Å². The van der Waals surface area contributed by atoms with Crippen LogP contribution in [-0.2, 0) is 9.53 Å². The number of esters is 1. The molecule has 33 heavy (non-hydrogen) atoms. The Morgan fingerprint density at radius 2 is 1.82 bits per heavy atom. The van der Waals surface area contributed by atoms with Crippen LogP contribution in [0.4, 0.5) is 5.00 Å². The second-order valence-electron chi connectivity index (χ2n) is 7.01. The van der Waals surface area contributed by atoms with Gasteiger partial charge in [-0.3, -0.25) is 9.36 Å². The Labute approximate surface area is 199 Å². The summed E-state index contributed by atoms with van der Waals surface area (Å²) in [7, 11) is 0. The van der Waals surface area contributed by atoms with Crippen LogP contribution < -0.4 is 5.32 Å². The maximum atomic E-state index is 13.0. The van der Waals surface area contributed by atoms with Crippen LogP contribution in [0.1, 0.15) is 24.2 Å². The molecule has 2 aromatic carbocycles. The molecular formula is C24H22N4O3S2. The van der Waals surface area contributed by atoms with Gasteiger partial charge in [0, 0.05) is 16.6 Å². The van der Waals surface area contributed by atoms with Gasteiger partial charge >= 0.3 is 5.97 Å². The molecule has 0 spiro atoms. The molecular weight excluding hydrogens is 456 g/mol. The second-order valence-corrected chi connectivity index (χ2v) is 9.20. The number of ether oxygens (including phenoxy) is 1. The monoisotopic (exact) mass is 478 g/mol. The van der Waals surface area contributed by atoms with Gasteiger partial charge < -0.3 is 10.1 Å². The highest BCUT2D eigenvalue weighted by Gasteiger charge is 2.25. The van der Waals surface area contributed by atoms with Crippen molar-refractivity contribution in [1.29, 1.82) is 0 Å². The molecule has 1 atom stereocenters. The standard InChI is InChI=1S/C24H22N4O3S2/c1-3-31-23(30)20-19(17-10-6-4-7-11-17)14-32-22(20)26-21(29)16(2)33-24-27-25-15-28(24)18-12-8-5-9-13-18/h4-16H,3H2,1-2H3,(H,26,29). The lowest BCUT2D eigenvalue weighted by Crippen LogP contribution is -2.23. The normalized spacial score (nSPS) is 11.7. The number of hydrogen-bond acceptors (Lipinski definition) is 7. The van der Waals surface area contributed by atoms with E-state index in [2.05, 4.69) is 15.5 Å². The van der Waals surface area contributed by atoms with Crippen molar-refractivity contribution in [3.8, 4) is 16.8 Å². The van der Waals surface area contributed by atoms with E-state index in [0.29, 0.717) is 15.7 Å². The number of anilines is 1. The first-order valence-electron chi connectivity index (χ1n) is 10.4. The van der Waals surface area contributed by atoms with Crippen LogP contribution >= 0.6 is 23.1 Å². The molecule has 0 fully saturated rings. The fourth-order valence-electron chi connectivity index (χ4n) is 3.18. The van der Waals surface area contributed by atoms with Crippen LogP contribution in [0.3, 0.4) is 0 Å². The third-order valence-electron chi connectivity index (χ3n) is 4.79. The van der Waals surface area contributed by atoms with Gasteiger partial charge in [-0.2, -0.15) is 0 Å². The summed E-state index contributed by atoms with van der Waals surface area (Å²) in [6.45, 7) is 3.80. The van der Waals surface area contributed by atoms with Gasteiger partial charge in [0.2, 0.25) is 5.91 Å². The highest BCUT2D eigenvalue weighted by atomic mass is 32.2. The zero-order valence-electron chi connectivity index (χ0n) is 18.1. The first kappa shape index (κ1) is 22.8. The molecule has 9 heteroatoms. The van der Waals surface area contributed by atoms with Gasteiger partial charge in [0.05, 0.1) is 11.9 Å². The van der Waals surface area contributed by atoms with E-state index in [1.54, 1.807) is 20.2 Å². The molecule has 0 saturated carbocycles. The van der Waals surface area contributed by atoms with E-state index >= 15 is 0 Å². The maximum Gasteiger partial charge on any atom is 0.341 e. The Hall–Kier alpha value is -3.43. The number of thiophene rings is 1. The number of nitrogens with zero attached hydrogens (tertiary/aromatic N) is 3. The summed E-state index contributed by atoms with van der Waals surface area (Å²) >= 11 is 2.60. The lowest BCUT2D eigenvalue weighted by Gasteiger charge is -2.13. The molecule has 4 aromatic rings. The average molecular weight is 479 g/mol. The topological polar surface area (TPSA) is 86.1 Å². The van der Waals surface area contributed by atoms with E-state index in [-0.39, 0.29) is 12.5 Å². The Morgan fingerprint density at radius 3 is 2.52 bits per heavy atom. The van der Waals surface area contributed by atoms with Crippen LogP contribution in [0.5, 0.6) is 0 Å². The summed E-state index contributed by atoms with van der Waals surface area (Å²) in [6.07, 6.45) is 1.62. The van der Waals surface area contributed by atoms with Gasteiger partial charge in [-0.1, -0.05) is 60.3 Å². The Balaban J connectivity index is 1.55. The number of aromatic nitrogens is 3. The fraction of sp³-hybridized carbons (Fsp3) is 0.167. The van der Waals surface area contributed by atoms with Crippen LogP contribution in [0, 0.1) is 0 Å². The molecule has 1 amide bonds. The minimum atomic E-state index is -0.478. The smallest absolute Gasteiger partial charge is 0.341 e. The molecule has 0 radical (unpaired) electrons. The number of rotatable bonds is 8. The average Bonchev–Trinajstić information content (AvgIpc) is 3.47. The fourth-order valence-corrected chi connectivity index (χ4v) is 4.98. The zero-order valence-corrected chi connectivity index (χ0v) is 19.7.